The number of anilines is 1. The van der Waals surface area contributed by atoms with Crippen LogP contribution in [0.25, 0.3) is 5.69 Å². The zero-order valence-electron chi connectivity index (χ0n) is 12.5. The molecule has 0 bridgehead atoms. The molecule has 0 unspecified atom stereocenters. The number of carbonyl (C=O) groups is 1. The molecule has 2 heterocycles. The van der Waals surface area contributed by atoms with Crippen molar-refractivity contribution < 1.29 is 22.4 Å². The third-order valence-electron chi connectivity index (χ3n) is 3.02. The molecule has 3 rings (SSSR count). The molecular formula is C13H9F4N7O. The highest BCUT2D eigenvalue weighted by Crippen LogP contribution is 2.26. The van der Waals surface area contributed by atoms with Crippen molar-refractivity contribution in [2.75, 3.05) is 5.32 Å². The van der Waals surface area contributed by atoms with Gasteiger partial charge in [0.05, 0.1) is 5.69 Å². The first kappa shape index (κ1) is 16.5. The van der Waals surface area contributed by atoms with E-state index in [1.165, 1.54) is 28.9 Å². The van der Waals surface area contributed by atoms with Gasteiger partial charge in [0.25, 0.3) is 5.91 Å². The molecule has 130 valence electrons. The summed E-state index contributed by atoms with van der Waals surface area (Å²) < 4.78 is 51.5. The highest BCUT2D eigenvalue weighted by Gasteiger charge is 2.35. The fraction of sp³-hybridized carbons (Fsp3) is 0.154. The molecule has 0 atom stereocenters. The lowest BCUT2D eigenvalue weighted by Gasteiger charge is -2.01. The molecule has 3 aromatic rings. The Kier molecular flexibility index (Phi) is 3.94. The number of benzene rings is 1. The number of hydrogen-bond acceptors (Lipinski definition) is 5. The summed E-state index contributed by atoms with van der Waals surface area (Å²) in [7, 11) is 0. The SMILES string of the molecule is Cc1nc(C(=O)Nc2n[nH]c(C(F)(F)F)n2)nn1-c1ccc(F)cc1. The molecule has 0 fully saturated rings. The fourth-order valence-electron chi connectivity index (χ4n) is 1.92. The number of alkyl halides is 3. The number of amides is 1. The van der Waals surface area contributed by atoms with E-state index < -0.39 is 29.7 Å². The Morgan fingerprint density at radius 3 is 2.48 bits per heavy atom. The van der Waals surface area contributed by atoms with Gasteiger partial charge < -0.3 is 0 Å². The van der Waals surface area contributed by atoms with E-state index in [0.717, 1.165) is 0 Å². The summed E-state index contributed by atoms with van der Waals surface area (Å²) in [6, 6.07) is 5.29. The van der Waals surface area contributed by atoms with Crippen molar-refractivity contribution >= 4 is 11.9 Å². The Bertz CT molecular complexity index is 913. The van der Waals surface area contributed by atoms with Crippen LogP contribution < -0.4 is 5.32 Å². The molecular weight excluding hydrogens is 346 g/mol. The van der Waals surface area contributed by atoms with Crippen molar-refractivity contribution in [3.8, 4) is 5.69 Å². The summed E-state index contributed by atoms with van der Waals surface area (Å²) >= 11 is 0. The van der Waals surface area contributed by atoms with Crippen LogP contribution in [0.15, 0.2) is 24.3 Å². The van der Waals surface area contributed by atoms with Crippen LogP contribution in [0.4, 0.5) is 23.5 Å². The Balaban J connectivity index is 1.80. The Morgan fingerprint density at radius 2 is 1.88 bits per heavy atom. The fourth-order valence-corrected chi connectivity index (χ4v) is 1.92. The van der Waals surface area contributed by atoms with Gasteiger partial charge in [0, 0.05) is 0 Å². The zero-order valence-corrected chi connectivity index (χ0v) is 12.5. The minimum atomic E-state index is -4.71. The van der Waals surface area contributed by atoms with Crippen molar-refractivity contribution in [2.45, 2.75) is 13.1 Å². The minimum Gasteiger partial charge on any atom is -0.286 e. The normalized spacial score (nSPS) is 11.6. The van der Waals surface area contributed by atoms with Crippen molar-refractivity contribution in [1.82, 2.24) is 29.9 Å². The van der Waals surface area contributed by atoms with Gasteiger partial charge in [-0.3, -0.25) is 15.2 Å². The Hall–Kier alpha value is -3.31. The first-order chi connectivity index (χ1) is 11.7. The molecule has 0 spiro atoms. The van der Waals surface area contributed by atoms with E-state index >= 15 is 0 Å². The molecule has 12 heteroatoms. The molecule has 0 aliphatic rings. The first-order valence-corrected chi connectivity index (χ1v) is 6.74. The molecule has 8 nitrogen and oxygen atoms in total. The van der Waals surface area contributed by atoms with Crippen molar-refractivity contribution in [1.29, 1.82) is 0 Å². The number of hydrogen-bond donors (Lipinski definition) is 2. The predicted molar refractivity (Wildman–Crippen MR) is 75.4 cm³/mol. The summed E-state index contributed by atoms with van der Waals surface area (Å²) in [6.45, 7) is 1.56. The van der Waals surface area contributed by atoms with Gasteiger partial charge >= 0.3 is 6.18 Å². The van der Waals surface area contributed by atoms with Gasteiger partial charge in [0.15, 0.2) is 0 Å². The molecule has 2 aromatic heterocycles. The highest BCUT2D eigenvalue weighted by atomic mass is 19.4. The maximum absolute atomic E-state index is 13.0. The molecule has 25 heavy (non-hydrogen) atoms. The molecule has 0 saturated heterocycles. The predicted octanol–water partition coefficient (Wildman–Crippen LogP) is 2.10. The monoisotopic (exact) mass is 355 g/mol. The quantitative estimate of drug-likeness (QED) is 0.701. The van der Waals surface area contributed by atoms with Gasteiger partial charge in [0.1, 0.15) is 11.6 Å². The van der Waals surface area contributed by atoms with Crippen LogP contribution in [0.2, 0.25) is 0 Å². The van der Waals surface area contributed by atoms with Gasteiger partial charge in [-0.1, -0.05) is 0 Å². The van der Waals surface area contributed by atoms with E-state index in [0.29, 0.717) is 11.5 Å². The molecule has 1 aromatic carbocycles. The number of carbonyl (C=O) groups excluding carboxylic acids is 1. The van der Waals surface area contributed by atoms with Crippen LogP contribution in [-0.2, 0) is 6.18 Å². The van der Waals surface area contributed by atoms with Gasteiger partial charge in [-0.25, -0.2) is 14.1 Å². The largest absolute Gasteiger partial charge is 0.451 e. The molecule has 2 N–H and O–H groups in total. The number of rotatable bonds is 3. The van der Waals surface area contributed by atoms with Crippen molar-refractivity contribution in [3.05, 3.63) is 47.6 Å². The van der Waals surface area contributed by atoms with Gasteiger partial charge in [0.2, 0.25) is 17.6 Å². The van der Waals surface area contributed by atoms with E-state index in [1.54, 1.807) is 12.0 Å². The lowest BCUT2D eigenvalue weighted by Crippen LogP contribution is -2.15. The first-order valence-electron chi connectivity index (χ1n) is 6.74. The molecule has 0 aliphatic heterocycles. The minimum absolute atomic E-state index is 0.305. The van der Waals surface area contributed by atoms with Crippen LogP contribution in [-0.4, -0.2) is 35.9 Å². The second-order valence-corrected chi connectivity index (χ2v) is 4.83. The Labute approximate surface area is 136 Å². The summed E-state index contributed by atoms with van der Waals surface area (Å²) in [5.74, 6) is -3.22. The number of halogens is 4. The smallest absolute Gasteiger partial charge is 0.286 e. The maximum Gasteiger partial charge on any atom is 0.451 e. The van der Waals surface area contributed by atoms with Crippen molar-refractivity contribution in [3.63, 3.8) is 0 Å². The lowest BCUT2D eigenvalue weighted by atomic mass is 10.3. The molecule has 0 radical (unpaired) electrons. The van der Waals surface area contributed by atoms with Crippen molar-refractivity contribution in [2.24, 2.45) is 0 Å². The number of aromatic amines is 1. The second-order valence-electron chi connectivity index (χ2n) is 4.83. The topological polar surface area (TPSA) is 101 Å². The average molecular weight is 355 g/mol. The summed E-state index contributed by atoms with van der Waals surface area (Å²) in [4.78, 5) is 19.1. The standard InChI is InChI=1S/C13H9F4N7O/c1-6-18-9(23-24(6)8-4-2-7(14)3-5-8)10(25)19-12-20-11(21-22-12)13(15,16)17/h2-5H,1H3,(H2,19,20,21,22,25). The third kappa shape index (κ3) is 3.46. The number of H-pyrrole nitrogens is 1. The van der Waals surface area contributed by atoms with Crippen LogP contribution in [0.3, 0.4) is 0 Å². The lowest BCUT2D eigenvalue weighted by molar-refractivity contribution is -0.144. The summed E-state index contributed by atoms with van der Waals surface area (Å²) in [5, 5.41) is 10.9. The van der Waals surface area contributed by atoms with E-state index in [1.807, 2.05) is 0 Å². The number of nitrogens with zero attached hydrogens (tertiary/aromatic N) is 5. The average Bonchev–Trinajstić information content (AvgIpc) is 3.15. The van der Waals surface area contributed by atoms with Crippen LogP contribution in [0.1, 0.15) is 22.3 Å². The van der Waals surface area contributed by atoms with Gasteiger partial charge in [-0.05, 0) is 31.2 Å². The maximum atomic E-state index is 13.0. The van der Waals surface area contributed by atoms with Crippen LogP contribution >= 0.6 is 0 Å². The van der Waals surface area contributed by atoms with E-state index in [-0.39, 0.29) is 5.82 Å². The molecule has 1 amide bonds. The highest BCUT2D eigenvalue weighted by molar-refractivity contribution is 6.00. The van der Waals surface area contributed by atoms with Gasteiger partial charge in [-0.15, -0.1) is 10.2 Å². The number of nitrogens with one attached hydrogen (secondary N) is 2. The summed E-state index contributed by atoms with van der Waals surface area (Å²) in [6.07, 6.45) is -4.71. The number of aromatic nitrogens is 6. The van der Waals surface area contributed by atoms with E-state index in [2.05, 4.69) is 25.5 Å². The second kappa shape index (κ2) is 5.96. The summed E-state index contributed by atoms with van der Waals surface area (Å²) in [5.41, 5.74) is 0.461. The zero-order chi connectivity index (χ0) is 18.2. The third-order valence-corrected chi connectivity index (χ3v) is 3.02. The molecule has 0 aliphatic carbocycles. The van der Waals surface area contributed by atoms with Crippen LogP contribution in [0, 0.1) is 12.7 Å². The number of aryl methyl sites for hydroxylation is 1. The van der Waals surface area contributed by atoms with Crippen LogP contribution in [0.5, 0.6) is 0 Å². The van der Waals surface area contributed by atoms with Gasteiger partial charge in [-0.2, -0.15) is 18.2 Å². The molecule has 0 saturated carbocycles. The van der Waals surface area contributed by atoms with E-state index in [9.17, 15) is 22.4 Å². The Morgan fingerprint density at radius 1 is 1.20 bits per heavy atom. The van der Waals surface area contributed by atoms with E-state index in [4.69, 9.17) is 0 Å².